The molecule has 0 N–H and O–H groups in total. The van der Waals surface area contributed by atoms with Crippen LogP contribution in [0.15, 0.2) is 30.5 Å². The molecule has 0 spiro atoms. The lowest BCUT2D eigenvalue weighted by molar-refractivity contribution is 0.321. The molecule has 0 aliphatic heterocycles. The molecule has 4 heteroatoms. The van der Waals surface area contributed by atoms with E-state index in [1.807, 2.05) is 18.3 Å². The number of hydrogen-bond donors (Lipinski definition) is 1. The lowest BCUT2D eigenvalue weighted by Gasteiger charge is -2.09. The molecule has 0 bridgehead atoms. The van der Waals surface area contributed by atoms with Crippen LogP contribution in [0, 0.1) is 0 Å². The van der Waals surface area contributed by atoms with Crippen LogP contribution in [-0.2, 0) is 12.2 Å². The van der Waals surface area contributed by atoms with E-state index in [2.05, 4.69) is 43.6 Å². The number of aromatic nitrogens is 1. The van der Waals surface area contributed by atoms with Crippen molar-refractivity contribution < 1.29 is 4.74 Å². The summed E-state index contributed by atoms with van der Waals surface area (Å²) in [6, 6.07) is 8.31. The number of nitrogens with zero attached hydrogens (tertiary/aromatic N) is 1. The van der Waals surface area contributed by atoms with E-state index < -0.39 is 0 Å². The molecule has 0 atom stereocenters. The number of hydrogen-bond acceptors (Lipinski definition) is 4. The minimum absolute atomic E-state index is 0.528. The SMILES string of the molecule is CC(C)c1cccc(OCCc2ncc(CS)s2)c1. The maximum absolute atomic E-state index is 5.79. The zero-order valence-electron chi connectivity index (χ0n) is 11.3. The van der Waals surface area contributed by atoms with Gasteiger partial charge >= 0.3 is 0 Å². The number of thiol groups is 1. The molecule has 2 rings (SSSR count). The Morgan fingerprint density at radius 2 is 2.21 bits per heavy atom. The van der Waals surface area contributed by atoms with Crippen molar-refractivity contribution in [1.29, 1.82) is 0 Å². The van der Waals surface area contributed by atoms with Crippen LogP contribution < -0.4 is 4.74 Å². The Bertz CT molecular complexity index is 522. The molecule has 0 aliphatic rings. The fourth-order valence-electron chi connectivity index (χ4n) is 1.76. The Labute approximate surface area is 124 Å². The molecule has 0 saturated carbocycles. The second-order valence-corrected chi connectivity index (χ2v) is 6.22. The lowest BCUT2D eigenvalue weighted by Crippen LogP contribution is -2.01. The van der Waals surface area contributed by atoms with Gasteiger partial charge in [-0.3, -0.25) is 0 Å². The predicted molar refractivity (Wildman–Crippen MR) is 84.5 cm³/mol. The second kappa shape index (κ2) is 6.96. The number of ether oxygens (including phenoxy) is 1. The molecule has 2 aromatic rings. The van der Waals surface area contributed by atoms with Crippen LogP contribution in [0.5, 0.6) is 5.75 Å². The lowest BCUT2D eigenvalue weighted by atomic mass is 10.0. The second-order valence-electron chi connectivity index (χ2n) is 4.70. The van der Waals surface area contributed by atoms with E-state index in [0.29, 0.717) is 12.5 Å². The van der Waals surface area contributed by atoms with E-state index in [-0.39, 0.29) is 0 Å². The zero-order valence-corrected chi connectivity index (χ0v) is 13.0. The standard InChI is InChI=1S/C15H19NOS2/c1-11(2)12-4-3-5-13(8-12)17-7-6-15-16-9-14(10-18)19-15/h3-5,8-9,11,18H,6-7,10H2,1-2H3. The molecule has 1 aromatic heterocycles. The van der Waals surface area contributed by atoms with E-state index in [0.717, 1.165) is 22.9 Å². The molecule has 0 aliphatic carbocycles. The Morgan fingerprint density at radius 1 is 1.37 bits per heavy atom. The van der Waals surface area contributed by atoms with Gasteiger partial charge in [0.05, 0.1) is 11.6 Å². The normalized spacial score (nSPS) is 10.9. The van der Waals surface area contributed by atoms with Gasteiger partial charge in [0.15, 0.2) is 0 Å². The molecule has 0 radical (unpaired) electrons. The van der Waals surface area contributed by atoms with Gasteiger partial charge in [0.1, 0.15) is 5.75 Å². The molecule has 0 fully saturated rings. The number of rotatable bonds is 6. The topological polar surface area (TPSA) is 22.1 Å². The van der Waals surface area contributed by atoms with Gasteiger partial charge in [-0.1, -0.05) is 26.0 Å². The highest BCUT2D eigenvalue weighted by molar-refractivity contribution is 7.79. The van der Waals surface area contributed by atoms with E-state index in [4.69, 9.17) is 4.74 Å². The van der Waals surface area contributed by atoms with Crippen LogP contribution >= 0.6 is 24.0 Å². The van der Waals surface area contributed by atoms with Gasteiger partial charge in [-0.15, -0.1) is 11.3 Å². The van der Waals surface area contributed by atoms with Crippen LogP contribution in [0.1, 0.15) is 35.2 Å². The van der Waals surface area contributed by atoms with Gasteiger partial charge in [-0.2, -0.15) is 12.6 Å². The summed E-state index contributed by atoms with van der Waals surface area (Å²) in [5.74, 6) is 2.23. The highest BCUT2D eigenvalue weighted by Crippen LogP contribution is 2.21. The van der Waals surface area contributed by atoms with Crippen molar-refractivity contribution in [2.75, 3.05) is 6.61 Å². The van der Waals surface area contributed by atoms with Gasteiger partial charge in [-0.05, 0) is 23.6 Å². The molecular formula is C15H19NOS2. The summed E-state index contributed by atoms with van der Waals surface area (Å²) in [5.41, 5.74) is 1.31. The van der Waals surface area contributed by atoms with Crippen LogP contribution in [0.4, 0.5) is 0 Å². The van der Waals surface area contributed by atoms with Crippen LogP contribution in [-0.4, -0.2) is 11.6 Å². The summed E-state index contributed by atoms with van der Waals surface area (Å²) >= 11 is 5.95. The van der Waals surface area contributed by atoms with Crippen molar-refractivity contribution >= 4 is 24.0 Å². The first-order valence-corrected chi connectivity index (χ1v) is 7.91. The third-order valence-corrected chi connectivity index (χ3v) is 4.48. The highest BCUT2D eigenvalue weighted by atomic mass is 32.1. The number of benzene rings is 1. The summed E-state index contributed by atoms with van der Waals surface area (Å²) in [5, 5.41) is 1.11. The fourth-order valence-corrected chi connectivity index (χ4v) is 2.80. The molecule has 2 nitrogen and oxygen atoms in total. The van der Waals surface area contributed by atoms with Gasteiger partial charge in [-0.25, -0.2) is 4.98 Å². The molecule has 0 unspecified atom stereocenters. The van der Waals surface area contributed by atoms with Crippen molar-refractivity contribution in [3.05, 3.63) is 45.9 Å². The van der Waals surface area contributed by atoms with E-state index in [1.54, 1.807) is 11.3 Å². The van der Waals surface area contributed by atoms with E-state index in [1.165, 1.54) is 10.4 Å². The minimum atomic E-state index is 0.528. The van der Waals surface area contributed by atoms with Crippen molar-refractivity contribution in [2.45, 2.75) is 31.9 Å². The molecular weight excluding hydrogens is 274 g/mol. The first-order chi connectivity index (χ1) is 9.19. The van der Waals surface area contributed by atoms with Gasteiger partial charge in [0.2, 0.25) is 0 Å². The monoisotopic (exact) mass is 293 g/mol. The fraction of sp³-hybridized carbons (Fsp3) is 0.400. The average molecular weight is 293 g/mol. The number of thiazole rings is 1. The van der Waals surface area contributed by atoms with Gasteiger partial charge in [0, 0.05) is 23.2 Å². The quantitative estimate of drug-likeness (QED) is 0.801. The largest absolute Gasteiger partial charge is 0.493 e. The van der Waals surface area contributed by atoms with Crippen LogP contribution in [0.3, 0.4) is 0 Å². The first-order valence-electron chi connectivity index (χ1n) is 6.46. The summed E-state index contributed by atoms with van der Waals surface area (Å²) in [4.78, 5) is 5.56. The third kappa shape index (κ3) is 4.25. The maximum Gasteiger partial charge on any atom is 0.119 e. The Hall–Kier alpha value is -1.000. The average Bonchev–Trinajstić information content (AvgIpc) is 2.87. The first kappa shape index (κ1) is 14.4. The van der Waals surface area contributed by atoms with E-state index >= 15 is 0 Å². The Balaban J connectivity index is 1.86. The summed E-state index contributed by atoms with van der Waals surface area (Å²) < 4.78 is 5.79. The highest BCUT2D eigenvalue weighted by Gasteiger charge is 2.03. The van der Waals surface area contributed by atoms with Crippen molar-refractivity contribution in [2.24, 2.45) is 0 Å². The molecule has 0 saturated heterocycles. The van der Waals surface area contributed by atoms with Crippen LogP contribution in [0.25, 0.3) is 0 Å². The Kier molecular flexibility index (Phi) is 5.28. The zero-order chi connectivity index (χ0) is 13.7. The van der Waals surface area contributed by atoms with Crippen LogP contribution in [0.2, 0.25) is 0 Å². The third-order valence-electron chi connectivity index (χ3n) is 2.87. The molecule has 1 aromatic carbocycles. The smallest absolute Gasteiger partial charge is 0.119 e. The molecule has 0 amide bonds. The molecule has 1 heterocycles. The summed E-state index contributed by atoms with van der Waals surface area (Å²) in [6.07, 6.45) is 2.75. The summed E-state index contributed by atoms with van der Waals surface area (Å²) in [6.45, 7) is 5.04. The molecule has 19 heavy (non-hydrogen) atoms. The van der Waals surface area contributed by atoms with E-state index in [9.17, 15) is 0 Å². The van der Waals surface area contributed by atoms with Gasteiger partial charge < -0.3 is 4.74 Å². The van der Waals surface area contributed by atoms with Gasteiger partial charge in [0.25, 0.3) is 0 Å². The predicted octanol–water partition coefficient (Wildman–Crippen LogP) is 4.32. The van der Waals surface area contributed by atoms with Crippen molar-refractivity contribution in [3.8, 4) is 5.75 Å². The maximum atomic E-state index is 5.79. The molecule has 102 valence electrons. The van der Waals surface area contributed by atoms with Crippen molar-refractivity contribution in [1.82, 2.24) is 4.98 Å². The van der Waals surface area contributed by atoms with Crippen molar-refractivity contribution in [3.63, 3.8) is 0 Å². The Morgan fingerprint density at radius 3 is 2.89 bits per heavy atom. The minimum Gasteiger partial charge on any atom is -0.493 e. The summed E-state index contributed by atoms with van der Waals surface area (Å²) in [7, 11) is 0.